The van der Waals surface area contributed by atoms with E-state index in [9.17, 15) is 27.6 Å². The number of halogens is 3. The minimum Gasteiger partial charge on any atom is -0.406 e. The van der Waals surface area contributed by atoms with Gasteiger partial charge in [-0.1, -0.05) is 6.92 Å². The molecule has 3 saturated heterocycles. The van der Waals surface area contributed by atoms with Crippen molar-refractivity contribution in [3.05, 3.63) is 24.3 Å². The number of anilines is 1. The number of carbonyl (C=O) groups excluding carboxylic acids is 3. The lowest BCUT2D eigenvalue weighted by Gasteiger charge is -2.47. The SMILES string of the molecule is CC1CCCN(C2NC(=O)C3C(NC(=O)CC3C(=O)Nc3ccc(OC(F)(F)F)cc3)N2)C1. The number of alkyl halides is 3. The molecule has 1 aromatic carbocycles. The Hall–Kier alpha value is -2.86. The van der Waals surface area contributed by atoms with E-state index in [-0.39, 0.29) is 23.9 Å². The standard InChI is InChI=1S/C21H26F3N5O4/c1-11-3-2-8-29(10-11)20-27-17-16(19(32)28-20)14(9-15(30)26-17)18(31)25-12-4-6-13(7-5-12)33-21(22,23)24/h4-7,11,14,16-17,20,27H,2-3,8-10H2,1H3,(H,25,31)(H,26,30)(H,28,32). The van der Waals surface area contributed by atoms with Gasteiger partial charge in [0.25, 0.3) is 0 Å². The van der Waals surface area contributed by atoms with Gasteiger partial charge in [0.2, 0.25) is 17.7 Å². The maximum absolute atomic E-state index is 13.0. The number of piperidine rings is 2. The van der Waals surface area contributed by atoms with Gasteiger partial charge in [0, 0.05) is 25.2 Å². The maximum atomic E-state index is 13.0. The highest BCUT2D eigenvalue weighted by Crippen LogP contribution is 2.30. The van der Waals surface area contributed by atoms with E-state index >= 15 is 0 Å². The molecule has 3 aliphatic rings. The molecule has 5 unspecified atom stereocenters. The number of nitrogens with zero attached hydrogens (tertiary/aromatic N) is 1. The van der Waals surface area contributed by atoms with Crippen molar-refractivity contribution < 1.29 is 32.3 Å². The molecule has 3 amide bonds. The van der Waals surface area contributed by atoms with Gasteiger partial charge in [-0.05, 0) is 43.0 Å². The smallest absolute Gasteiger partial charge is 0.406 e. The Morgan fingerprint density at radius 3 is 2.58 bits per heavy atom. The molecule has 5 atom stereocenters. The molecular weight excluding hydrogens is 443 g/mol. The molecule has 3 fully saturated rings. The number of hydrogen-bond donors (Lipinski definition) is 4. The summed E-state index contributed by atoms with van der Waals surface area (Å²) in [4.78, 5) is 40.3. The predicted molar refractivity (Wildman–Crippen MR) is 110 cm³/mol. The van der Waals surface area contributed by atoms with Crippen LogP contribution < -0.4 is 26.0 Å². The molecule has 12 heteroatoms. The first-order chi connectivity index (χ1) is 15.6. The average Bonchev–Trinajstić information content (AvgIpc) is 2.73. The molecular formula is C21H26F3N5O4. The molecule has 33 heavy (non-hydrogen) atoms. The summed E-state index contributed by atoms with van der Waals surface area (Å²) in [6.45, 7) is 3.76. The van der Waals surface area contributed by atoms with Crippen LogP contribution in [-0.2, 0) is 14.4 Å². The third-order valence-electron chi connectivity index (χ3n) is 6.18. The number of rotatable bonds is 4. The summed E-state index contributed by atoms with van der Waals surface area (Å²) in [5.74, 6) is -2.97. The van der Waals surface area contributed by atoms with Crippen molar-refractivity contribution in [2.24, 2.45) is 17.8 Å². The van der Waals surface area contributed by atoms with Crippen LogP contribution in [0.25, 0.3) is 0 Å². The molecule has 0 spiro atoms. The van der Waals surface area contributed by atoms with Crippen molar-refractivity contribution in [2.45, 2.75) is 45.0 Å². The number of ether oxygens (including phenoxy) is 1. The summed E-state index contributed by atoms with van der Waals surface area (Å²) in [5, 5.41) is 11.5. The number of carbonyl (C=O) groups is 3. The second kappa shape index (κ2) is 9.18. The van der Waals surface area contributed by atoms with E-state index in [1.165, 1.54) is 12.1 Å². The van der Waals surface area contributed by atoms with Gasteiger partial charge in [0.05, 0.1) is 18.0 Å². The summed E-state index contributed by atoms with van der Waals surface area (Å²) in [6.07, 6.45) is -4.02. The molecule has 9 nitrogen and oxygen atoms in total. The lowest BCUT2D eigenvalue weighted by molar-refractivity contribution is -0.274. The number of fused-ring (bicyclic) bond motifs is 1. The number of hydrogen-bond acceptors (Lipinski definition) is 6. The molecule has 1 aromatic rings. The topological polar surface area (TPSA) is 112 Å². The zero-order chi connectivity index (χ0) is 23.8. The van der Waals surface area contributed by atoms with Crippen LogP contribution in [0.4, 0.5) is 18.9 Å². The van der Waals surface area contributed by atoms with Crippen molar-refractivity contribution >= 4 is 23.4 Å². The van der Waals surface area contributed by atoms with Crippen LogP contribution in [0.2, 0.25) is 0 Å². The van der Waals surface area contributed by atoms with Crippen molar-refractivity contribution in [3.63, 3.8) is 0 Å². The van der Waals surface area contributed by atoms with Crippen LogP contribution in [0.3, 0.4) is 0 Å². The monoisotopic (exact) mass is 469 g/mol. The average molecular weight is 469 g/mol. The lowest BCUT2D eigenvalue weighted by atomic mass is 9.81. The summed E-state index contributed by atoms with van der Waals surface area (Å²) < 4.78 is 40.8. The Morgan fingerprint density at radius 1 is 1.18 bits per heavy atom. The third-order valence-corrected chi connectivity index (χ3v) is 6.18. The summed E-state index contributed by atoms with van der Waals surface area (Å²) in [7, 11) is 0. The first kappa shape index (κ1) is 23.3. The fourth-order valence-electron chi connectivity index (χ4n) is 4.69. The van der Waals surface area contributed by atoms with Gasteiger partial charge < -0.3 is 20.7 Å². The molecule has 180 valence electrons. The highest BCUT2D eigenvalue weighted by molar-refractivity contribution is 6.00. The highest BCUT2D eigenvalue weighted by Gasteiger charge is 2.49. The maximum Gasteiger partial charge on any atom is 0.573 e. The Bertz CT molecular complexity index is 910. The molecule has 0 bridgehead atoms. The van der Waals surface area contributed by atoms with Crippen LogP contribution in [0.1, 0.15) is 26.2 Å². The van der Waals surface area contributed by atoms with E-state index in [1.807, 2.05) is 0 Å². The minimum atomic E-state index is -4.82. The molecule has 4 rings (SSSR count). The molecule has 0 radical (unpaired) electrons. The lowest BCUT2D eigenvalue weighted by Crippen LogP contribution is -2.74. The first-order valence-electron chi connectivity index (χ1n) is 10.9. The Morgan fingerprint density at radius 2 is 1.91 bits per heavy atom. The van der Waals surface area contributed by atoms with Gasteiger partial charge in [-0.3, -0.25) is 24.6 Å². The predicted octanol–water partition coefficient (Wildman–Crippen LogP) is 1.34. The third kappa shape index (κ3) is 5.56. The Labute approximate surface area is 188 Å². The van der Waals surface area contributed by atoms with E-state index < -0.39 is 42.3 Å². The fourth-order valence-corrected chi connectivity index (χ4v) is 4.69. The summed E-state index contributed by atoms with van der Waals surface area (Å²) in [5.41, 5.74) is 0.224. The number of nitrogens with one attached hydrogen (secondary N) is 4. The first-order valence-corrected chi connectivity index (χ1v) is 10.9. The van der Waals surface area contributed by atoms with Crippen molar-refractivity contribution in [2.75, 3.05) is 18.4 Å². The van der Waals surface area contributed by atoms with Gasteiger partial charge in [0.1, 0.15) is 12.0 Å². The van der Waals surface area contributed by atoms with E-state index in [4.69, 9.17) is 0 Å². The molecule has 3 heterocycles. The number of benzene rings is 1. The summed E-state index contributed by atoms with van der Waals surface area (Å²) >= 11 is 0. The Kier molecular flexibility index (Phi) is 6.48. The van der Waals surface area contributed by atoms with E-state index in [1.54, 1.807) is 0 Å². The van der Waals surface area contributed by atoms with E-state index in [0.717, 1.165) is 38.1 Å². The molecule has 3 aliphatic heterocycles. The van der Waals surface area contributed by atoms with Gasteiger partial charge in [-0.15, -0.1) is 13.2 Å². The second-order valence-electron chi connectivity index (χ2n) is 8.76. The van der Waals surface area contributed by atoms with E-state index in [2.05, 4.69) is 37.8 Å². The Balaban J connectivity index is 1.43. The quantitative estimate of drug-likeness (QED) is 0.530. The van der Waals surface area contributed by atoms with Gasteiger partial charge >= 0.3 is 6.36 Å². The second-order valence-corrected chi connectivity index (χ2v) is 8.76. The zero-order valence-electron chi connectivity index (χ0n) is 17.9. The number of likely N-dealkylation sites (tertiary alicyclic amines) is 1. The van der Waals surface area contributed by atoms with Crippen LogP contribution in [0.5, 0.6) is 5.75 Å². The van der Waals surface area contributed by atoms with Crippen LogP contribution >= 0.6 is 0 Å². The van der Waals surface area contributed by atoms with E-state index in [0.29, 0.717) is 5.92 Å². The van der Waals surface area contributed by atoms with Crippen LogP contribution in [-0.4, -0.2) is 54.5 Å². The van der Waals surface area contributed by atoms with Gasteiger partial charge in [0.15, 0.2) is 0 Å². The normalized spacial score (nSPS) is 30.6. The summed E-state index contributed by atoms with van der Waals surface area (Å²) in [6, 6.07) is 4.65. The minimum absolute atomic E-state index is 0.178. The molecule has 0 aromatic heterocycles. The number of amides is 3. The molecule has 0 aliphatic carbocycles. The van der Waals surface area contributed by atoms with Gasteiger partial charge in [-0.25, -0.2) is 0 Å². The molecule has 0 saturated carbocycles. The van der Waals surface area contributed by atoms with Gasteiger partial charge in [-0.2, -0.15) is 0 Å². The van der Waals surface area contributed by atoms with Crippen LogP contribution in [0, 0.1) is 17.8 Å². The highest BCUT2D eigenvalue weighted by atomic mass is 19.4. The van der Waals surface area contributed by atoms with Crippen LogP contribution in [0.15, 0.2) is 24.3 Å². The van der Waals surface area contributed by atoms with Crippen molar-refractivity contribution in [3.8, 4) is 5.75 Å². The largest absolute Gasteiger partial charge is 0.573 e. The fraction of sp³-hybridized carbons (Fsp3) is 0.571. The molecule has 4 N–H and O–H groups in total. The van der Waals surface area contributed by atoms with Crippen molar-refractivity contribution in [1.29, 1.82) is 0 Å². The van der Waals surface area contributed by atoms with Crippen molar-refractivity contribution in [1.82, 2.24) is 20.9 Å². The zero-order valence-corrected chi connectivity index (χ0v) is 17.9.